The van der Waals surface area contributed by atoms with E-state index in [0.717, 1.165) is 44.3 Å². The predicted octanol–water partition coefficient (Wildman–Crippen LogP) is 5.58. The van der Waals surface area contributed by atoms with E-state index in [1.54, 1.807) is 6.07 Å². The second kappa shape index (κ2) is 10.2. The third-order valence-electron chi connectivity index (χ3n) is 7.77. The Morgan fingerprint density at radius 1 is 1.00 bits per heavy atom. The van der Waals surface area contributed by atoms with Gasteiger partial charge in [-0.15, -0.1) is 0 Å². The van der Waals surface area contributed by atoms with Gasteiger partial charge in [0.15, 0.2) is 0 Å². The molecule has 1 atom stereocenters. The van der Waals surface area contributed by atoms with Crippen LogP contribution >= 0.6 is 0 Å². The molecular weight excluding hydrogens is 427 g/mol. The van der Waals surface area contributed by atoms with Crippen LogP contribution in [0.25, 0.3) is 10.9 Å². The summed E-state index contributed by atoms with van der Waals surface area (Å²) >= 11 is 0. The van der Waals surface area contributed by atoms with E-state index in [4.69, 9.17) is 4.74 Å². The lowest BCUT2D eigenvalue weighted by Crippen LogP contribution is -2.48. The molecule has 1 aromatic heterocycles. The number of hydrogen-bond acceptors (Lipinski definition) is 3. The zero-order valence-electron chi connectivity index (χ0n) is 19.7. The Balaban J connectivity index is 1.30. The van der Waals surface area contributed by atoms with Gasteiger partial charge in [-0.05, 0) is 80.2 Å². The van der Waals surface area contributed by atoms with E-state index < -0.39 is 5.41 Å². The molecule has 2 aliphatic heterocycles. The van der Waals surface area contributed by atoms with Crippen LogP contribution in [0.2, 0.25) is 0 Å². The average Bonchev–Trinajstić information content (AvgIpc) is 3.11. The second-order valence-corrected chi connectivity index (χ2v) is 9.94. The molecule has 2 aliphatic rings. The van der Waals surface area contributed by atoms with Crippen LogP contribution in [0, 0.1) is 17.2 Å². The van der Waals surface area contributed by atoms with Crippen LogP contribution in [-0.4, -0.2) is 42.1 Å². The highest BCUT2D eigenvalue weighted by atomic mass is 19.1. The van der Waals surface area contributed by atoms with Crippen LogP contribution in [0.3, 0.4) is 0 Å². The normalized spacial score (nSPS) is 20.7. The fourth-order valence-electron chi connectivity index (χ4n) is 5.79. The average molecular weight is 461 g/mol. The lowest BCUT2D eigenvalue weighted by molar-refractivity contribution is -0.148. The molecule has 2 saturated heterocycles. The van der Waals surface area contributed by atoms with Crippen molar-refractivity contribution < 1.29 is 13.9 Å². The van der Waals surface area contributed by atoms with Gasteiger partial charge < -0.3 is 9.64 Å². The molecule has 5 rings (SSSR count). The predicted molar refractivity (Wildman–Crippen MR) is 132 cm³/mol. The number of nitrogens with zero attached hydrogens (tertiary/aromatic N) is 2. The van der Waals surface area contributed by atoms with E-state index in [-0.39, 0.29) is 11.7 Å². The number of benzene rings is 2. The van der Waals surface area contributed by atoms with E-state index in [1.165, 1.54) is 17.0 Å². The second-order valence-electron chi connectivity index (χ2n) is 9.94. The number of aromatic nitrogens is 1. The topological polar surface area (TPSA) is 42.4 Å². The molecule has 0 saturated carbocycles. The fraction of sp³-hybridized carbons (Fsp3) is 0.448. The van der Waals surface area contributed by atoms with Crippen molar-refractivity contribution in [3.05, 3.63) is 77.7 Å². The molecule has 2 fully saturated rings. The van der Waals surface area contributed by atoms with Gasteiger partial charge in [-0.25, -0.2) is 4.39 Å². The number of para-hydroxylation sites is 1. The number of likely N-dealkylation sites (tertiary alicyclic amines) is 1. The van der Waals surface area contributed by atoms with Crippen molar-refractivity contribution in [2.45, 2.75) is 44.9 Å². The Hall–Kier alpha value is -2.79. The van der Waals surface area contributed by atoms with Gasteiger partial charge in [0.2, 0.25) is 5.91 Å². The van der Waals surface area contributed by atoms with Crippen LogP contribution < -0.4 is 0 Å². The van der Waals surface area contributed by atoms with E-state index >= 15 is 0 Å². The van der Waals surface area contributed by atoms with Crippen LogP contribution in [0.5, 0.6) is 0 Å². The molecule has 3 aromatic rings. The Morgan fingerprint density at radius 3 is 2.65 bits per heavy atom. The number of pyridine rings is 1. The molecule has 0 bridgehead atoms. The van der Waals surface area contributed by atoms with Crippen LogP contribution in [0.15, 0.2) is 60.8 Å². The molecule has 5 heteroatoms. The zero-order valence-corrected chi connectivity index (χ0v) is 19.7. The number of carbonyl (C=O) groups is 1. The van der Waals surface area contributed by atoms with Gasteiger partial charge in [0.1, 0.15) is 5.82 Å². The Bertz CT molecular complexity index is 1140. The molecule has 0 unspecified atom stereocenters. The highest BCUT2D eigenvalue weighted by Gasteiger charge is 2.43. The number of ether oxygens (including phenoxy) is 1. The summed E-state index contributed by atoms with van der Waals surface area (Å²) in [4.78, 5) is 20.5. The van der Waals surface area contributed by atoms with Crippen molar-refractivity contribution in [2.75, 3.05) is 26.3 Å². The van der Waals surface area contributed by atoms with Crippen LogP contribution in [-0.2, 0) is 22.4 Å². The highest BCUT2D eigenvalue weighted by Crippen LogP contribution is 2.38. The Morgan fingerprint density at radius 2 is 1.79 bits per heavy atom. The number of hydrogen-bond donors (Lipinski definition) is 0. The summed E-state index contributed by atoms with van der Waals surface area (Å²) in [5.74, 6) is 0.511. The minimum atomic E-state index is -0.568. The molecule has 178 valence electrons. The maximum absolute atomic E-state index is 14.5. The minimum Gasteiger partial charge on any atom is -0.381 e. The van der Waals surface area contributed by atoms with E-state index in [0.29, 0.717) is 44.0 Å². The number of amides is 1. The third kappa shape index (κ3) is 4.85. The van der Waals surface area contributed by atoms with Gasteiger partial charge in [0.25, 0.3) is 0 Å². The van der Waals surface area contributed by atoms with Crippen LogP contribution in [0.1, 0.15) is 43.2 Å². The molecule has 4 nitrogen and oxygen atoms in total. The standard InChI is InChI=1S/C29H33FN2O2/c30-26-9-3-1-7-24(26)21-29(13-18-34-19-14-29)28(33)32-16-5-6-22(12-17-32)20-23-11-15-31-27-10-4-2-8-25(23)27/h1-4,7-11,15,22H,5-6,12-14,16-21H2/t22-/m1/s1. The first-order chi connectivity index (χ1) is 16.6. The van der Waals surface area contributed by atoms with Gasteiger partial charge in [0, 0.05) is 37.9 Å². The van der Waals surface area contributed by atoms with Crippen LogP contribution in [0.4, 0.5) is 4.39 Å². The van der Waals surface area contributed by atoms with Gasteiger partial charge >= 0.3 is 0 Å². The maximum Gasteiger partial charge on any atom is 0.229 e. The smallest absolute Gasteiger partial charge is 0.229 e. The largest absolute Gasteiger partial charge is 0.381 e. The maximum atomic E-state index is 14.5. The van der Waals surface area contributed by atoms with E-state index in [2.05, 4.69) is 34.1 Å². The van der Waals surface area contributed by atoms with Crippen molar-refractivity contribution in [2.24, 2.45) is 11.3 Å². The number of carbonyl (C=O) groups excluding carboxylic acids is 1. The van der Waals surface area contributed by atoms with Crippen molar-refractivity contribution in [3.63, 3.8) is 0 Å². The van der Waals surface area contributed by atoms with Gasteiger partial charge in [0.05, 0.1) is 10.9 Å². The van der Waals surface area contributed by atoms with Crippen molar-refractivity contribution in [3.8, 4) is 0 Å². The molecule has 0 N–H and O–H groups in total. The molecule has 3 heterocycles. The Labute approximate surface area is 201 Å². The summed E-state index contributed by atoms with van der Waals surface area (Å²) in [5.41, 5.74) is 2.45. The first-order valence-corrected chi connectivity index (χ1v) is 12.6. The third-order valence-corrected chi connectivity index (χ3v) is 7.77. The summed E-state index contributed by atoms with van der Waals surface area (Å²) in [5, 5.41) is 1.23. The SMILES string of the molecule is O=C(N1CCC[C@@H](Cc2ccnc3ccccc23)CC1)C1(Cc2ccccc2F)CCOCC1. The van der Waals surface area contributed by atoms with Gasteiger partial charge in [-0.1, -0.05) is 36.4 Å². The van der Waals surface area contributed by atoms with Gasteiger partial charge in [-0.2, -0.15) is 0 Å². The van der Waals surface area contributed by atoms with Crippen molar-refractivity contribution >= 4 is 16.8 Å². The first kappa shape index (κ1) is 23.0. The highest BCUT2D eigenvalue weighted by molar-refractivity contribution is 5.83. The molecular formula is C29H33FN2O2. The Kier molecular flexibility index (Phi) is 6.91. The molecule has 0 spiro atoms. The zero-order chi connectivity index (χ0) is 23.4. The lowest BCUT2D eigenvalue weighted by atomic mass is 9.74. The van der Waals surface area contributed by atoms with Crippen molar-refractivity contribution in [1.29, 1.82) is 0 Å². The fourth-order valence-corrected chi connectivity index (χ4v) is 5.79. The molecule has 34 heavy (non-hydrogen) atoms. The number of fused-ring (bicyclic) bond motifs is 1. The number of rotatable bonds is 5. The molecule has 2 aromatic carbocycles. The lowest BCUT2D eigenvalue weighted by Gasteiger charge is -2.40. The summed E-state index contributed by atoms with van der Waals surface area (Å²) in [6, 6.07) is 17.3. The van der Waals surface area contributed by atoms with Crippen molar-refractivity contribution in [1.82, 2.24) is 9.88 Å². The number of halogens is 1. The molecule has 0 aliphatic carbocycles. The summed E-state index contributed by atoms with van der Waals surface area (Å²) < 4.78 is 20.1. The van der Waals surface area contributed by atoms with Gasteiger partial charge in [-0.3, -0.25) is 9.78 Å². The summed E-state index contributed by atoms with van der Waals surface area (Å²) in [6.07, 6.45) is 7.79. The minimum absolute atomic E-state index is 0.189. The molecule has 0 radical (unpaired) electrons. The van der Waals surface area contributed by atoms with E-state index in [1.807, 2.05) is 24.4 Å². The summed E-state index contributed by atoms with van der Waals surface area (Å²) in [6.45, 7) is 2.68. The quantitative estimate of drug-likeness (QED) is 0.499. The molecule has 1 amide bonds. The van der Waals surface area contributed by atoms with E-state index in [9.17, 15) is 9.18 Å². The monoisotopic (exact) mass is 460 g/mol. The summed E-state index contributed by atoms with van der Waals surface area (Å²) in [7, 11) is 0. The first-order valence-electron chi connectivity index (χ1n) is 12.6.